The SMILES string of the molecule is Cc1cc(C(O)C2(C#N)CCOCC2)ccc1Br. The van der Waals surface area contributed by atoms with Crippen LogP contribution in [0.3, 0.4) is 0 Å². The van der Waals surface area contributed by atoms with E-state index in [1.165, 1.54) is 0 Å². The van der Waals surface area contributed by atoms with Crippen molar-refractivity contribution < 1.29 is 9.84 Å². The maximum Gasteiger partial charge on any atom is 0.0978 e. The van der Waals surface area contributed by atoms with Gasteiger partial charge in [-0.3, -0.25) is 0 Å². The summed E-state index contributed by atoms with van der Waals surface area (Å²) in [4.78, 5) is 0. The first-order valence-corrected chi connectivity index (χ1v) is 6.81. The van der Waals surface area contributed by atoms with Crippen molar-refractivity contribution in [2.24, 2.45) is 5.41 Å². The topological polar surface area (TPSA) is 53.2 Å². The van der Waals surface area contributed by atoms with E-state index in [1.807, 2.05) is 25.1 Å². The Morgan fingerprint density at radius 2 is 2.11 bits per heavy atom. The number of hydrogen-bond donors (Lipinski definition) is 1. The van der Waals surface area contributed by atoms with Crippen LogP contribution in [0.2, 0.25) is 0 Å². The summed E-state index contributed by atoms with van der Waals surface area (Å²) in [7, 11) is 0. The fourth-order valence-corrected chi connectivity index (χ4v) is 2.59. The summed E-state index contributed by atoms with van der Waals surface area (Å²) in [5.74, 6) is 0. The van der Waals surface area contributed by atoms with Crippen LogP contribution in [-0.2, 0) is 4.74 Å². The van der Waals surface area contributed by atoms with E-state index < -0.39 is 11.5 Å². The molecule has 0 aromatic heterocycles. The van der Waals surface area contributed by atoms with Gasteiger partial charge in [0.15, 0.2) is 0 Å². The molecule has 1 heterocycles. The van der Waals surface area contributed by atoms with E-state index in [-0.39, 0.29) is 0 Å². The third kappa shape index (κ3) is 2.44. The molecule has 0 saturated carbocycles. The average Bonchev–Trinajstić information content (AvgIpc) is 2.42. The number of halogens is 1. The zero-order valence-electron chi connectivity index (χ0n) is 10.3. The van der Waals surface area contributed by atoms with Crippen LogP contribution in [0.4, 0.5) is 0 Å². The van der Waals surface area contributed by atoms with Crippen molar-refractivity contribution in [1.82, 2.24) is 0 Å². The number of aryl methyl sites for hydroxylation is 1. The third-order valence-electron chi connectivity index (χ3n) is 3.63. The molecule has 0 aliphatic carbocycles. The lowest BCUT2D eigenvalue weighted by Crippen LogP contribution is -2.34. The Morgan fingerprint density at radius 3 is 2.67 bits per heavy atom. The van der Waals surface area contributed by atoms with E-state index in [2.05, 4.69) is 22.0 Å². The van der Waals surface area contributed by atoms with Crippen molar-refractivity contribution in [1.29, 1.82) is 5.26 Å². The summed E-state index contributed by atoms with van der Waals surface area (Å²) in [6.07, 6.45) is 0.415. The summed E-state index contributed by atoms with van der Waals surface area (Å²) >= 11 is 3.44. The van der Waals surface area contributed by atoms with Gasteiger partial charge in [-0.15, -0.1) is 0 Å². The summed E-state index contributed by atoms with van der Waals surface area (Å²) in [5, 5.41) is 19.9. The standard InChI is InChI=1S/C14H16BrNO2/c1-10-8-11(2-3-12(10)15)13(17)14(9-16)4-6-18-7-5-14/h2-3,8,13,17H,4-7H2,1H3. The van der Waals surface area contributed by atoms with E-state index in [0.717, 1.165) is 15.6 Å². The van der Waals surface area contributed by atoms with Gasteiger partial charge in [-0.25, -0.2) is 0 Å². The van der Waals surface area contributed by atoms with Crippen molar-refractivity contribution in [3.8, 4) is 6.07 Å². The molecule has 1 fully saturated rings. The maximum absolute atomic E-state index is 10.5. The van der Waals surface area contributed by atoms with Crippen LogP contribution < -0.4 is 0 Å². The lowest BCUT2D eigenvalue weighted by atomic mass is 9.74. The minimum Gasteiger partial charge on any atom is -0.387 e. The van der Waals surface area contributed by atoms with Gasteiger partial charge < -0.3 is 9.84 Å². The fraction of sp³-hybridized carbons (Fsp3) is 0.500. The zero-order valence-corrected chi connectivity index (χ0v) is 11.9. The van der Waals surface area contributed by atoms with Crippen LogP contribution in [-0.4, -0.2) is 18.3 Å². The summed E-state index contributed by atoms with van der Waals surface area (Å²) in [5.41, 5.74) is 1.16. The summed E-state index contributed by atoms with van der Waals surface area (Å²) in [6, 6.07) is 8.03. The number of rotatable bonds is 2. The summed E-state index contributed by atoms with van der Waals surface area (Å²) < 4.78 is 6.30. The highest BCUT2D eigenvalue weighted by atomic mass is 79.9. The third-order valence-corrected chi connectivity index (χ3v) is 4.52. The fourth-order valence-electron chi connectivity index (χ4n) is 2.34. The molecule has 2 rings (SSSR count). The Bertz CT molecular complexity index is 475. The Morgan fingerprint density at radius 1 is 1.44 bits per heavy atom. The molecular weight excluding hydrogens is 294 g/mol. The molecule has 0 amide bonds. The molecule has 0 spiro atoms. The molecule has 1 N–H and O–H groups in total. The molecule has 3 nitrogen and oxygen atoms in total. The van der Waals surface area contributed by atoms with Gasteiger partial charge in [0.05, 0.1) is 17.6 Å². The first kappa shape index (κ1) is 13.5. The van der Waals surface area contributed by atoms with Crippen LogP contribution in [0.5, 0.6) is 0 Å². The molecule has 1 unspecified atom stereocenters. The number of benzene rings is 1. The average molecular weight is 310 g/mol. The largest absolute Gasteiger partial charge is 0.387 e. The molecular formula is C14H16BrNO2. The lowest BCUT2D eigenvalue weighted by Gasteiger charge is -2.35. The Kier molecular flexibility index (Phi) is 4.06. The van der Waals surface area contributed by atoms with Crippen molar-refractivity contribution in [3.63, 3.8) is 0 Å². The molecule has 1 aromatic rings. The number of nitrogens with zero attached hydrogens (tertiary/aromatic N) is 1. The number of ether oxygens (including phenoxy) is 1. The highest BCUT2D eigenvalue weighted by molar-refractivity contribution is 9.10. The number of nitriles is 1. The van der Waals surface area contributed by atoms with Crippen LogP contribution >= 0.6 is 15.9 Å². The van der Waals surface area contributed by atoms with Crippen molar-refractivity contribution >= 4 is 15.9 Å². The van der Waals surface area contributed by atoms with Gasteiger partial charge in [-0.05, 0) is 37.0 Å². The van der Waals surface area contributed by atoms with Crippen LogP contribution in [0.1, 0.15) is 30.1 Å². The first-order valence-electron chi connectivity index (χ1n) is 6.02. The number of hydrogen-bond acceptors (Lipinski definition) is 3. The molecule has 18 heavy (non-hydrogen) atoms. The molecule has 1 saturated heterocycles. The predicted molar refractivity (Wildman–Crippen MR) is 71.9 cm³/mol. The van der Waals surface area contributed by atoms with Crippen molar-refractivity contribution in [3.05, 3.63) is 33.8 Å². The molecule has 4 heteroatoms. The number of aliphatic hydroxyl groups is 1. The Balaban J connectivity index is 2.31. The van der Waals surface area contributed by atoms with Gasteiger partial charge in [0.1, 0.15) is 0 Å². The molecule has 0 bridgehead atoms. The van der Waals surface area contributed by atoms with Gasteiger partial charge in [0.25, 0.3) is 0 Å². The number of aliphatic hydroxyl groups excluding tert-OH is 1. The predicted octanol–water partition coefficient (Wildman–Crippen LogP) is 3.11. The van der Waals surface area contributed by atoms with Gasteiger partial charge in [0.2, 0.25) is 0 Å². The second-order valence-corrected chi connectivity index (χ2v) is 5.65. The van der Waals surface area contributed by atoms with Crippen LogP contribution in [0.25, 0.3) is 0 Å². The lowest BCUT2D eigenvalue weighted by molar-refractivity contribution is -0.0310. The van der Waals surface area contributed by atoms with E-state index in [9.17, 15) is 10.4 Å². The Hall–Kier alpha value is -0.890. The molecule has 1 aromatic carbocycles. The zero-order chi connectivity index (χ0) is 13.2. The smallest absolute Gasteiger partial charge is 0.0978 e. The summed E-state index contributed by atoms with van der Waals surface area (Å²) in [6.45, 7) is 3.06. The molecule has 96 valence electrons. The maximum atomic E-state index is 10.5. The van der Waals surface area contributed by atoms with E-state index >= 15 is 0 Å². The van der Waals surface area contributed by atoms with Crippen molar-refractivity contribution in [2.75, 3.05) is 13.2 Å². The highest BCUT2D eigenvalue weighted by Gasteiger charge is 2.40. The van der Waals surface area contributed by atoms with E-state index in [0.29, 0.717) is 26.1 Å². The van der Waals surface area contributed by atoms with Gasteiger partial charge in [-0.2, -0.15) is 5.26 Å². The second kappa shape index (κ2) is 5.40. The molecule has 0 radical (unpaired) electrons. The molecule has 1 aliphatic heterocycles. The highest BCUT2D eigenvalue weighted by Crippen LogP contribution is 2.42. The van der Waals surface area contributed by atoms with Crippen molar-refractivity contribution in [2.45, 2.75) is 25.9 Å². The normalized spacial score (nSPS) is 20.1. The quantitative estimate of drug-likeness (QED) is 0.913. The van der Waals surface area contributed by atoms with Crippen LogP contribution in [0.15, 0.2) is 22.7 Å². The minimum absolute atomic E-state index is 0.542. The minimum atomic E-state index is -0.752. The van der Waals surface area contributed by atoms with Gasteiger partial charge in [0, 0.05) is 17.7 Å². The molecule has 1 aliphatic rings. The first-order chi connectivity index (χ1) is 8.59. The van der Waals surface area contributed by atoms with Crippen LogP contribution in [0, 0.1) is 23.7 Å². The van der Waals surface area contributed by atoms with E-state index in [1.54, 1.807) is 0 Å². The van der Waals surface area contributed by atoms with Gasteiger partial charge in [-0.1, -0.05) is 28.1 Å². The second-order valence-electron chi connectivity index (χ2n) is 4.79. The van der Waals surface area contributed by atoms with Gasteiger partial charge >= 0.3 is 0 Å². The monoisotopic (exact) mass is 309 g/mol. The Labute approximate surface area is 116 Å². The molecule has 1 atom stereocenters. The van der Waals surface area contributed by atoms with E-state index in [4.69, 9.17) is 4.74 Å².